The fourth-order valence-corrected chi connectivity index (χ4v) is 7.11. The van der Waals surface area contributed by atoms with Gasteiger partial charge in [0.05, 0.1) is 6.04 Å². The predicted molar refractivity (Wildman–Crippen MR) is 168 cm³/mol. The van der Waals surface area contributed by atoms with Gasteiger partial charge in [-0.05, 0) is 42.7 Å². The van der Waals surface area contributed by atoms with Crippen molar-refractivity contribution in [1.82, 2.24) is 9.97 Å². The summed E-state index contributed by atoms with van der Waals surface area (Å²) in [5.41, 5.74) is 6.76. The van der Waals surface area contributed by atoms with Crippen molar-refractivity contribution >= 4 is 23.1 Å². The van der Waals surface area contributed by atoms with Crippen molar-refractivity contribution in [3.8, 4) is 11.6 Å². The van der Waals surface area contributed by atoms with Crippen molar-refractivity contribution in [3.05, 3.63) is 125 Å². The summed E-state index contributed by atoms with van der Waals surface area (Å²) < 4.78 is 12.7. The van der Waals surface area contributed by atoms with Gasteiger partial charge in [0.2, 0.25) is 0 Å². The summed E-state index contributed by atoms with van der Waals surface area (Å²) in [6, 6.07) is 25.7. The summed E-state index contributed by atoms with van der Waals surface area (Å²) in [4.78, 5) is 16.7. The molecule has 4 aliphatic rings. The number of benzene rings is 2. The minimum absolute atomic E-state index is 0. The molecule has 0 N–H and O–H groups in total. The van der Waals surface area contributed by atoms with E-state index in [0.717, 1.165) is 46.0 Å². The molecule has 0 bridgehead atoms. The van der Waals surface area contributed by atoms with E-state index >= 15 is 0 Å². The number of nitrogens with zero attached hydrogens (tertiary/aromatic N) is 4. The molecule has 4 atom stereocenters. The summed E-state index contributed by atoms with van der Waals surface area (Å²) in [5, 5.41) is 0. The van der Waals surface area contributed by atoms with Crippen LogP contribution >= 0.6 is 0 Å². The number of hydrogen-bond donors (Lipinski definition) is 0. The standard InChI is InChI=1S/C37H32N4O2.Pt/c1-22-16-26(41-31-14-8-7-12-29(31)37(3,4)30-13-9-15-38-35(30)41)21-27(17-22)42-33-20-25(18-23(2)39-33)36-40-34-28-11-6-5-10-24(28)19-32(34)43-36;/h5-18,24,28,32,34H,19H2,1-4H3;/q-2;+2/t24?,28?,32-,34+;/m0./s1. The van der Waals surface area contributed by atoms with Crippen LogP contribution in [0.4, 0.5) is 17.2 Å². The Balaban J connectivity index is 0.00000312. The number of aliphatic imine (C=N–C) groups is 1. The molecule has 1 fully saturated rings. The maximum atomic E-state index is 6.37. The van der Waals surface area contributed by atoms with Crippen molar-refractivity contribution in [2.24, 2.45) is 16.8 Å². The molecule has 222 valence electrons. The molecule has 0 spiro atoms. The van der Waals surface area contributed by atoms with E-state index < -0.39 is 0 Å². The first-order valence-corrected chi connectivity index (χ1v) is 14.9. The van der Waals surface area contributed by atoms with Crippen molar-refractivity contribution in [2.45, 2.75) is 51.7 Å². The van der Waals surface area contributed by atoms with E-state index in [2.05, 4.69) is 103 Å². The molecule has 0 saturated heterocycles. The molecule has 6 nitrogen and oxygen atoms in total. The van der Waals surface area contributed by atoms with Crippen molar-refractivity contribution < 1.29 is 30.5 Å². The Bertz CT molecular complexity index is 1810. The number of anilines is 3. The molecule has 2 unspecified atom stereocenters. The zero-order chi connectivity index (χ0) is 29.3. The molecule has 0 amide bonds. The van der Waals surface area contributed by atoms with Crippen LogP contribution in [0.2, 0.25) is 0 Å². The minimum atomic E-state index is -0.189. The third-order valence-corrected chi connectivity index (χ3v) is 9.12. The zero-order valence-corrected chi connectivity index (χ0v) is 27.3. The minimum Gasteiger partial charge on any atom is -0.529 e. The van der Waals surface area contributed by atoms with E-state index in [4.69, 9.17) is 19.5 Å². The third-order valence-electron chi connectivity index (χ3n) is 9.12. The van der Waals surface area contributed by atoms with Gasteiger partial charge in [-0.2, -0.15) is 5.56 Å². The Morgan fingerprint density at radius 2 is 1.80 bits per heavy atom. The van der Waals surface area contributed by atoms with E-state index in [1.54, 1.807) is 0 Å². The zero-order valence-electron chi connectivity index (χ0n) is 25.0. The van der Waals surface area contributed by atoms with Gasteiger partial charge in [-0.15, -0.1) is 35.9 Å². The summed E-state index contributed by atoms with van der Waals surface area (Å²) in [5.74, 6) is 3.33. The number of aromatic nitrogens is 2. The first kappa shape index (κ1) is 28.7. The van der Waals surface area contributed by atoms with Gasteiger partial charge in [0.1, 0.15) is 17.8 Å². The number of allylic oxidation sites excluding steroid dienone is 3. The van der Waals surface area contributed by atoms with E-state index in [0.29, 0.717) is 29.4 Å². The quantitative estimate of drug-likeness (QED) is 0.199. The topological polar surface area (TPSA) is 59.8 Å². The second-order valence-corrected chi connectivity index (χ2v) is 12.4. The molecular weight excluding hydrogens is 728 g/mol. The van der Waals surface area contributed by atoms with Crippen molar-refractivity contribution in [3.63, 3.8) is 0 Å². The van der Waals surface area contributed by atoms with Crippen LogP contribution in [0.1, 0.15) is 48.2 Å². The Hall–Kier alpha value is -4.02. The average Bonchev–Trinajstić information content (AvgIpc) is 3.56. The fourth-order valence-electron chi connectivity index (χ4n) is 7.11. The number of para-hydroxylation sites is 1. The van der Waals surface area contributed by atoms with E-state index in [9.17, 15) is 0 Å². The van der Waals surface area contributed by atoms with Gasteiger partial charge in [-0.3, -0.25) is 0 Å². The van der Waals surface area contributed by atoms with Crippen LogP contribution in [0.25, 0.3) is 0 Å². The van der Waals surface area contributed by atoms with Crippen molar-refractivity contribution in [1.29, 1.82) is 0 Å². The molecule has 7 heteroatoms. The first-order chi connectivity index (χ1) is 20.8. The van der Waals surface area contributed by atoms with Gasteiger partial charge in [0.15, 0.2) is 5.88 Å². The third kappa shape index (κ3) is 4.71. The van der Waals surface area contributed by atoms with Gasteiger partial charge >= 0.3 is 21.1 Å². The van der Waals surface area contributed by atoms with Gasteiger partial charge in [-0.25, -0.2) is 9.97 Å². The normalized spacial score (nSPS) is 23.5. The molecule has 0 radical (unpaired) electrons. The predicted octanol–water partition coefficient (Wildman–Crippen LogP) is 7.87. The molecule has 1 saturated carbocycles. The molecule has 44 heavy (non-hydrogen) atoms. The second kappa shape index (κ2) is 10.9. The first-order valence-electron chi connectivity index (χ1n) is 14.9. The van der Waals surface area contributed by atoms with Gasteiger partial charge in [0, 0.05) is 34.5 Å². The van der Waals surface area contributed by atoms with E-state index in [1.165, 1.54) is 5.56 Å². The Morgan fingerprint density at radius 1 is 0.977 bits per heavy atom. The maximum absolute atomic E-state index is 6.37. The smallest absolute Gasteiger partial charge is 0.529 e. The van der Waals surface area contributed by atoms with Crippen LogP contribution < -0.4 is 9.64 Å². The molecule has 2 aliphatic heterocycles. The number of pyridine rings is 2. The number of fused-ring (bicyclic) bond motifs is 5. The molecule has 4 aromatic rings. The molecule has 8 rings (SSSR count). The van der Waals surface area contributed by atoms with E-state index in [1.807, 2.05) is 31.3 Å². The largest absolute Gasteiger partial charge is 2.00 e. The molecule has 4 heterocycles. The molecular formula is C37H32N4O2Pt. The SMILES string of the molecule is Cc1cc(Oc2[c-]c(C3=N[C@@H]4C5C=CC=CC5C[C@@H]4O3)cc(C)n2)[c-]c(N2c3ccccc3C(C)(C)c3cccnc32)c1.[Pt+2]. The Labute approximate surface area is 272 Å². The van der Waals surface area contributed by atoms with Crippen LogP contribution in [0, 0.1) is 37.8 Å². The summed E-state index contributed by atoms with van der Waals surface area (Å²) >= 11 is 0. The molecule has 2 aromatic heterocycles. The van der Waals surface area contributed by atoms with Crippen LogP contribution in [-0.4, -0.2) is 28.0 Å². The number of ether oxygens (including phenoxy) is 2. The van der Waals surface area contributed by atoms with Gasteiger partial charge < -0.3 is 19.4 Å². The molecule has 2 aromatic carbocycles. The summed E-state index contributed by atoms with van der Waals surface area (Å²) in [6.45, 7) is 8.51. The van der Waals surface area contributed by atoms with Crippen LogP contribution in [0.15, 0.2) is 90.1 Å². The van der Waals surface area contributed by atoms with Gasteiger partial charge in [-0.1, -0.05) is 75.0 Å². The maximum Gasteiger partial charge on any atom is 2.00 e. The van der Waals surface area contributed by atoms with Crippen LogP contribution in [0.5, 0.6) is 11.6 Å². The van der Waals surface area contributed by atoms with Crippen LogP contribution in [0.3, 0.4) is 0 Å². The second-order valence-electron chi connectivity index (χ2n) is 12.4. The van der Waals surface area contributed by atoms with E-state index in [-0.39, 0.29) is 38.6 Å². The van der Waals surface area contributed by atoms with Crippen molar-refractivity contribution in [2.75, 3.05) is 4.90 Å². The summed E-state index contributed by atoms with van der Waals surface area (Å²) in [6.07, 6.45) is 11.7. The average molecular weight is 760 g/mol. The number of rotatable bonds is 4. The Kier molecular flexibility index (Phi) is 7.09. The van der Waals surface area contributed by atoms with Gasteiger partial charge in [0.25, 0.3) is 0 Å². The monoisotopic (exact) mass is 759 g/mol. The van der Waals surface area contributed by atoms with Crippen LogP contribution in [-0.2, 0) is 31.2 Å². The summed E-state index contributed by atoms with van der Waals surface area (Å²) in [7, 11) is 0. The number of hydrogen-bond acceptors (Lipinski definition) is 6. The fraction of sp³-hybridized carbons (Fsp3) is 0.270. The Morgan fingerprint density at radius 3 is 2.68 bits per heavy atom. The molecule has 2 aliphatic carbocycles. The number of aryl methyl sites for hydroxylation is 2.